The molecule has 1 aliphatic rings. The Bertz CT molecular complexity index is 1130. The van der Waals surface area contributed by atoms with Crippen LogP contribution >= 0.6 is 12.6 Å². The molecule has 0 unspecified atom stereocenters. The van der Waals surface area contributed by atoms with E-state index in [-0.39, 0.29) is 23.8 Å². The van der Waals surface area contributed by atoms with Gasteiger partial charge in [-0.15, -0.1) is 0 Å². The maximum atomic E-state index is 13.2. The van der Waals surface area contributed by atoms with Gasteiger partial charge in [-0.3, -0.25) is 19.6 Å². The van der Waals surface area contributed by atoms with Crippen LogP contribution in [0.3, 0.4) is 0 Å². The molecule has 0 radical (unpaired) electrons. The minimum atomic E-state index is -0.454. The van der Waals surface area contributed by atoms with Crippen molar-refractivity contribution < 1.29 is 14.0 Å². The predicted octanol–water partition coefficient (Wildman–Crippen LogP) is 4.42. The molecule has 0 saturated carbocycles. The summed E-state index contributed by atoms with van der Waals surface area (Å²) in [6, 6.07) is 14.9. The maximum Gasteiger partial charge on any atom is 0.234 e. The Kier molecular flexibility index (Phi) is 4.75. The highest BCUT2D eigenvalue weighted by Crippen LogP contribution is 2.33. The van der Waals surface area contributed by atoms with E-state index in [1.165, 1.54) is 18.3 Å². The largest absolute Gasteiger partial charge is 0.324 e. The second kappa shape index (κ2) is 7.36. The second-order valence-electron chi connectivity index (χ2n) is 6.26. The number of halogens is 1. The molecule has 138 valence electrons. The summed E-state index contributed by atoms with van der Waals surface area (Å²) < 4.78 is 13.2. The molecule has 0 aliphatic carbocycles. The van der Waals surface area contributed by atoms with E-state index in [1.54, 1.807) is 30.3 Å². The van der Waals surface area contributed by atoms with Crippen LogP contribution in [-0.4, -0.2) is 21.7 Å². The van der Waals surface area contributed by atoms with Crippen molar-refractivity contribution in [3.05, 3.63) is 77.9 Å². The minimum absolute atomic E-state index is 0.0603. The average molecular weight is 391 g/mol. The number of hydrogen-bond acceptors (Lipinski definition) is 4. The number of aliphatic imine (C=N–C) groups is 1. The van der Waals surface area contributed by atoms with E-state index in [9.17, 15) is 14.0 Å². The molecule has 1 amide bonds. The fraction of sp³-hybridized carbons (Fsp3) is 0.0476. The van der Waals surface area contributed by atoms with E-state index in [4.69, 9.17) is 0 Å². The molecule has 0 fully saturated rings. The van der Waals surface area contributed by atoms with Crippen LogP contribution < -0.4 is 5.32 Å². The quantitative estimate of drug-likeness (QED) is 0.649. The van der Waals surface area contributed by atoms with Gasteiger partial charge in [0.1, 0.15) is 11.5 Å². The summed E-state index contributed by atoms with van der Waals surface area (Å²) in [5.41, 5.74) is 4.20. The fourth-order valence-corrected chi connectivity index (χ4v) is 3.10. The molecule has 7 heteroatoms. The zero-order valence-electron chi connectivity index (χ0n) is 14.5. The highest BCUT2D eigenvalue weighted by atomic mass is 32.1. The summed E-state index contributed by atoms with van der Waals surface area (Å²) in [6.07, 6.45) is 1.55. The number of pyridine rings is 1. The highest BCUT2D eigenvalue weighted by Gasteiger charge is 2.18. The second-order valence-corrected chi connectivity index (χ2v) is 6.66. The van der Waals surface area contributed by atoms with Gasteiger partial charge in [0.05, 0.1) is 23.5 Å². The van der Waals surface area contributed by atoms with Crippen molar-refractivity contribution in [1.82, 2.24) is 4.98 Å². The Balaban J connectivity index is 1.76. The molecule has 5 nitrogen and oxygen atoms in total. The van der Waals surface area contributed by atoms with Crippen molar-refractivity contribution in [1.29, 1.82) is 0 Å². The van der Waals surface area contributed by atoms with Gasteiger partial charge in [0.15, 0.2) is 0 Å². The van der Waals surface area contributed by atoms with Gasteiger partial charge >= 0.3 is 0 Å². The number of carbonyl (C=O) groups excluding carboxylic acids is 2. The smallest absolute Gasteiger partial charge is 0.234 e. The average Bonchev–Trinajstić information content (AvgIpc) is 2.86. The fourth-order valence-electron chi connectivity index (χ4n) is 2.98. The lowest BCUT2D eigenvalue weighted by Gasteiger charge is -2.08. The van der Waals surface area contributed by atoms with Crippen molar-refractivity contribution in [2.24, 2.45) is 4.99 Å². The van der Waals surface area contributed by atoms with E-state index in [0.29, 0.717) is 22.6 Å². The van der Waals surface area contributed by atoms with Crippen molar-refractivity contribution in [2.45, 2.75) is 6.42 Å². The number of nitrogens with zero attached hydrogens (tertiary/aromatic N) is 2. The molecular formula is C21H14FN3O2S. The Morgan fingerprint density at radius 3 is 2.50 bits per heavy atom. The first kappa shape index (κ1) is 18.1. The van der Waals surface area contributed by atoms with E-state index >= 15 is 0 Å². The molecule has 2 heterocycles. The molecule has 28 heavy (non-hydrogen) atoms. The van der Waals surface area contributed by atoms with Crippen LogP contribution in [-0.2, 0) is 4.79 Å². The molecule has 1 N–H and O–H groups in total. The summed E-state index contributed by atoms with van der Waals surface area (Å²) >= 11 is 3.79. The Labute approximate surface area is 165 Å². The van der Waals surface area contributed by atoms with Gasteiger partial charge in [0.2, 0.25) is 11.0 Å². The lowest BCUT2D eigenvalue weighted by Crippen LogP contribution is -2.15. The first-order valence-corrected chi connectivity index (χ1v) is 8.91. The van der Waals surface area contributed by atoms with Gasteiger partial charge in [0, 0.05) is 11.8 Å². The van der Waals surface area contributed by atoms with E-state index < -0.39 is 5.12 Å². The lowest BCUT2D eigenvalue weighted by molar-refractivity contribution is -0.115. The monoisotopic (exact) mass is 391 g/mol. The van der Waals surface area contributed by atoms with Gasteiger partial charge < -0.3 is 5.32 Å². The normalized spacial score (nSPS) is 13.2. The van der Waals surface area contributed by atoms with Gasteiger partial charge in [-0.1, -0.05) is 30.8 Å². The zero-order chi connectivity index (χ0) is 19.7. The van der Waals surface area contributed by atoms with Crippen LogP contribution in [0.4, 0.5) is 15.8 Å². The van der Waals surface area contributed by atoms with Gasteiger partial charge in [0.25, 0.3) is 0 Å². The SMILES string of the molecule is O=C1CC(c2ccnc(C(=O)S)c2)=Nc2ccc(-c3ccc(F)cc3)cc2N1. The molecule has 0 saturated heterocycles. The summed E-state index contributed by atoms with van der Waals surface area (Å²) in [5.74, 6) is -0.526. The zero-order valence-corrected chi connectivity index (χ0v) is 15.4. The van der Waals surface area contributed by atoms with Gasteiger partial charge in [-0.05, 0) is 47.5 Å². The number of rotatable bonds is 3. The van der Waals surface area contributed by atoms with E-state index in [2.05, 4.69) is 27.9 Å². The lowest BCUT2D eigenvalue weighted by atomic mass is 10.0. The topological polar surface area (TPSA) is 71.4 Å². The molecule has 0 bridgehead atoms. The van der Waals surface area contributed by atoms with Crippen molar-refractivity contribution in [3.8, 4) is 11.1 Å². The number of amides is 1. The number of aromatic nitrogens is 1. The summed E-state index contributed by atoms with van der Waals surface area (Å²) in [4.78, 5) is 32.4. The number of thiol groups is 1. The Morgan fingerprint density at radius 2 is 1.75 bits per heavy atom. The molecule has 3 aromatic rings. The van der Waals surface area contributed by atoms with Crippen LogP contribution in [0.2, 0.25) is 0 Å². The molecule has 0 spiro atoms. The van der Waals surface area contributed by atoms with Crippen LogP contribution in [0.15, 0.2) is 65.8 Å². The summed E-state index contributed by atoms with van der Waals surface area (Å²) in [5, 5.41) is 2.40. The van der Waals surface area contributed by atoms with Crippen LogP contribution in [0, 0.1) is 5.82 Å². The standard InChI is InChI=1S/C21H14FN3O2S/c22-15-4-1-12(2-5-15)13-3-6-16-18(9-13)25-20(26)11-17(24-16)14-7-8-23-19(10-14)21(27)28/h1-10H,11H2,(H,25,26)(H,27,28). The third kappa shape index (κ3) is 3.70. The Morgan fingerprint density at radius 1 is 1.00 bits per heavy atom. The third-order valence-corrected chi connectivity index (χ3v) is 4.57. The Hall–Kier alpha value is -3.32. The van der Waals surface area contributed by atoms with Crippen LogP contribution in [0.25, 0.3) is 11.1 Å². The van der Waals surface area contributed by atoms with Gasteiger partial charge in [-0.25, -0.2) is 4.39 Å². The van der Waals surface area contributed by atoms with Gasteiger partial charge in [-0.2, -0.15) is 0 Å². The number of hydrogen-bond donors (Lipinski definition) is 2. The van der Waals surface area contributed by atoms with Crippen LogP contribution in [0.1, 0.15) is 22.5 Å². The molecular weight excluding hydrogens is 377 g/mol. The van der Waals surface area contributed by atoms with Crippen LogP contribution in [0.5, 0.6) is 0 Å². The number of benzene rings is 2. The van der Waals surface area contributed by atoms with Crippen molar-refractivity contribution in [2.75, 3.05) is 5.32 Å². The third-order valence-electron chi connectivity index (χ3n) is 4.34. The highest BCUT2D eigenvalue weighted by molar-refractivity contribution is 7.97. The predicted molar refractivity (Wildman–Crippen MR) is 109 cm³/mol. The van der Waals surface area contributed by atoms with Crippen molar-refractivity contribution in [3.63, 3.8) is 0 Å². The number of anilines is 1. The molecule has 4 rings (SSSR count). The summed E-state index contributed by atoms with van der Waals surface area (Å²) in [7, 11) is 0. The minimum Gasteiger partial charge on any atom is -0.324 e. The first-order chi connectivity index (χ1) is 13.5. The first-order valence-electron chi connectivity index (χ1n) is 8.47. The molecule has 0 atom stereocenters. The molecule has 2 aromatic carbocycles. The maximum absolute atomic E-state index is 13.2. The molecule has 1 aromatic heterocycles. The number of nitrogens with one attached hydrogen (secondary N) is 1. The van der Waals surface area contributed by atoms with Crippen molar-refractivity contribution >= 4 is 40.7 Å². The van der Waals surface area contributed by atoms with E-state index in [1.807, 2.05) is 12.1 Å². The molecule has 1 aliphatic heterocycles. The number of carbonyl (C=O) groups is 2. The number of fused-ring (bicyclic) bond motifs is 1. The summed E-state index contributed by atoms with van der Waals surface area (Å²) in [6.45, 7) is 0. The van der Waals surface area contributed by atoms with E-state index in [0.717, 1.165) is 11.1 Å².